The van der Waals surface area contributed by atoms with Gasteiger partial charge in [0.2, 0.25) is 5.91 Å². The average Bonchev–Trinajstić information content (AvgIpc) is 2.96. The molecule has 14 heavy (non-hydrogen) atoms. The Hall–Kier alpha value is -1.04. The Bertz CT molecular complexity index is 263. The number of nitrogens with zero attached hydrogens (tertiary/aromatic N) is 2. The molecule has 0 aromatic carbocycles. The first-order valence-corrected chi connectivity index (χ1v) is 5.26. The van der Waals surface area contributed by atoms with Crippen LogP contribution in [0, 0.1) is 16.7 Å². The highest BCUT2D eigenvalue weighted by atomic mass is 16.2. The van der Waals surface area contributed by atoms with Gasteiger partial charge >= 0.3 is 0 Å². The van der Waals surface area contributed by atoms with Gasteiger partial charge in [-0.25, -0.2) is 0 Å². The van der Waals surface area contributed by atoms with E-state index >= 15 is 0 Å². The van der Waals surface area contributed by atoms with Gasteiger partial charge in [-0.05, 0) is 26.2 Å². The van der Waals surface area contributed by atoms with Crippen LogP contribution in [0.2, 0.25) is 0 Å². The van der Waals surface area contributed by atoms with Crippen molar-refractivity contribution in [1.82, 2.24) is 4.90 Å². The van der Waals surface area contributed by atoms with E-state index in [4.69, 9.17) is 5.26 Å². The molecular weight excluding hydrogens is 176 g/mol. The molecule has 0 spiro atoms. The number of hydrogen-bond donors (Lipinski definition) is 0. The van der Waals surface area contributed by atoms with Gasteiger partial charge in [-0.15, -0.1) is 0 Å². The van der Waals surface area contributed by atoms with Crippen LogP contribution in [0.15, 0.2) is 0 Å². The second-order valence-corrected chi connectivity index (χ2v) is 4.25. The molecule has 0 aliphatic heterocycles. The number of hydrogen-bond acceptors (Lipinski definition) is 2. The summed E-state index contributed by atoms with van der Waals surface area (Å²) in [5.41, 5.74) is -0.656. The normalized spacial score (nSPS) is 19.6. The van der Waals surface area contributed by atoms with Crippen molar-refractivity contribution >= 4 is 5.91 Å². The summed E-state index contributed by atoms with van der Waals surface area (Å²) in [5.74, 6) is 0.0148. The van der Waals surface area contributed by atoms with Gasteiger partial charge in [-0.3, -0.25) is 4.79 Å². The Morgan fingerprint density at radius 1 is 1.64 bits per heavy atom. The molecule has 1 aliphatic rings. The van der Waals surface area contributed by atoms with Crippen molar-refractivity contribution in [3.63, 3.8) is 0 Å². The first-order chi connectivity index (χ1) is 6.57. The van der Waals surface area contributed by atoms with Gasteiger partial charge in [0.25, 0.3) is 0 Å². The van der Waals surface area contributed by atoms with E-state index < -0.39 is 5.41 Å². The standard InChI is InChI=1S/C11H18N2O/c1-4-5-9(2)13(3)10(14)11(8-12)6-7-11/h9H,4-7H2,1-3H3. The number of carbonyl (C=O) groups excluding carboxylic acids is 1. The molecule has 1 aliphatic carbocycles. The van der Waals surface area contributed by atoms with Gasteiger partial charge in [-0.2, -0.15) is 5.26 Å². The van der Waals surface area contributed by atoms with Crippen LogP contribution in [0.4, 0.5) is 0 Å². The van der Waals surface area contributed by atoms with E-state index in [0.717, 1.165) is 25.7 Å². The van der Waals surface area contributed by atoms with Crippen LogP contribution in [0.5, 0.6) is 0 Å². The Morgan fingerprint density at radius 3 is 2.57 bits per heavy atom. The second-order valence-electron chi connectivity index (χ2n) is 4.25. The third-order valence-electron chi connectivity index (χ3n) is 3.06. The molecule has 0 saturated heterocycles. The molecule has 0 radical (unpaired) electrons. The third kappa shape index (κ3) is 1.89. The summed E-state index contributed by atoms with van der Waals surface area (Å²) in [5, 5.41) is 8.89. The van der Waals surface area contributed by atoms with Crippen LogP contribution in [-0.2, 0) is 4.79 Å². The molecule has 1 saturated carbocycles. The minimum atomic E-state index is -0.656. The predicted molar refractivity (Wildman–Crippen MR) is 54.4 cm³/mol. The smallest absolute Gasteiger partial charge is 0.243 e. The molecule has 1 rings (SSSR count). The van der Waals surface area contributed by atoms with Gasteiger partial charge in [0, 0.05) is 13.1 Å². The number of nitriles is 1. The van der Waals surface area contributed by atoms with E-state index in [9.17, 15) is 4.79 Å². The lowest BCUT2D eigenvalue weighted by atomic mass is 10.1. The zero-order valence-electron chi connectivity index (χ0n) is 9.21. The monoisotopic (exact) mass is 194 g/mol. The first kappa shape index (κ1) is 11.0. The lowest BCUT2D eigenvalue weighted by Crippen LogP contribution is -2.39. The van der Waals surface area contributed by atoms with Gasteiger partial charge in [0.05, 0.1) is 6.07 Å². The van der Waals surface area contributed by atoms with E-state index in [-0.39, 0.29) is 11.9 Å². The highest BCUT2D eigenvalue weighted by molar-refractivity contribution is 5.88. The van der Waals surface area contributed by atoms with Gasteiger partial charge in [0.15, 0.2) is 0 Å². The molecular formula is C11H18N2O. The van der Waals surface area contributed by atoms with Gasteiger partial charge in [-0.1, -0.05) is 13.3 Å². The fourth-order valence-electron chi connectivity index (χ4n) is 1.65. The van der Waals surface area contributed by atoms with Crippen molar-refractivity contribution in [2.24, 2.45) is 5.41 Å². The lowest BCUT2D eigenvalue weighted by Gasteiger charge is -2.26. The second kappa shape index (κ2) is 4.00. The SMILES string of the molecule is CCCC(C)N(C)C(=O)C1(C#N)CC1. The van der Waals surface area contributed by atoms with Crippen LogP contribution >= 0.6 is 0 Å². The van der Waals surface area contributed by atoms with Crippen LogP contribution in [0.25, 0.3) is 0 Å². The third-order valence-corrected chi connectivity index (χ3v) is 3.06. The van der Waals surface area contributed by atoms with Crippen molar-refractivity contribution in [3.05, 3.63) is 0 Å². The Labute approximate surface area is 85.7 Å². The molecule has 78 valence electrons. The van der Waals surface area contributed by atoms with Crippen molar-refractivity contribution in [2.75, 3.05) is 7.05 Å². The molecule has 0 aromatic rings. The summed E-state index contributed by atoms with van der Waals surface area (Å²) in [6.45, 7) is 4.14. The minimum Gasteiger partial charge on any atom is -0.342 e. The van der Waals surface area contributed by atoms with E-state index in [0.29, 0.717) is 0 Å². The van der Waals surface area contributed by atoms with E-state index in [1.54, 1.807) is 11.9 Å². The fraction of sp³-hybridized carbons (Fsp3) is 0.818. The number of amides is 1. The number of rotatable bonds is 4. The zero-order chi connectivity index (χ0) is 10.8. The molecule has 1 atom stereocenters. The molecule has 3 nitrogen and oxygen atoms in total. The Balaban J connectivity index is 2.57. The maximum absolute atomic E-state index is 11.9. The Morgan fingerprint density at radius 2 is 2.21 bits per heavy atom. The highest BCUT2D eigenvalue weighted by Crippen LogP contribution is 2.46. The quantitative estimate of drug-likeness (QED) is 0.686. The molecule has 0 heterocycles. The van der Waals surface area contributed by atoms with E-state index in [1.165, 1.54) is 0 Å². The van der Waals surface area contributed by atoms with Crippen molar-refractivity contribution < 1.29 is 4.79 Å². The molecule has 0 aromatic heterocycles. The summed E-state index contributed by atoms with van der Waals surface area (Å²) < 4.78 is 0. The lowest BCUT2D eigenvalue weighted by molar-refractivity contribution is -0.135. The topological polar surface area (TPSA) is 44.1 Å². The molecule has 1 amide bonds. The molecule has 0 bridgehead atoms. The van der Waals surface area contributed by atoms with Crippen LogP contribution < -0.4 is 0 Å². The maximum Gasteiger partial charge on any atom is 0.243 e. The van der Waals surface area contributed by atoms with E-state index in [2.05, 4.69) is 13.0 Å². The summed E-state index contributed by atoms with van der Waals surface area (Å²) >= 11 is 0. The zero-order valence-corrected chi connectivity index (χ0v) is 9.21. The predicted octanol–water partition coefficient (Wildman–Crippen LogP) is 1.94. The first-order valence-electron chi connectivity index (χ1n) is 5.26. The fourth-order valence-corrected chi connectivity index (χ4v) is 1.65. The highest BCUT2D eigenvalue weighted by Gasteiger charge is 2.52. The van der Waals surface area contributed by atoms with E-state index in [1.807, 2.05) is 6.92 Å². The molecule has 1 fully saturated rings. The molecule has 3 heteroatoms. The van der Waals surface area contributed by atoms with Crippen molar-refractivity contribution in [1.29, 1.82) is 5.26 Å². The summed E-state index contributed by atoms with van der Waals surface area (Å²) in [4.78, 5) is 13.6. The molecule has 1 unspecified atom stereocenters. The van der Waals surface area contributed by atoms with Crippen LogP contribution in [0.3, 0.4) is 0 Å². The Kier molecular flexibility index (Phi) is 3.15. The average molecular weight is 194 g/mol. The molecule has 0 N–H and O–H groups in total. The van der Waals surface area contributed by atoms with Crippen LogP contribution in [-0.4, -0.2) is 23.9 Å². The van der Waals surface area contributed by atoms with Crippen molar-refractivity contribution in [3.8, 4) is 6.07 Å². The summed E-state index contributed by atoms with van der Waals surface area (Å²) in [7, 11) is 1.81. The van der Waals surface area contributed by atoms with Crippen molar-refractivity contribution in [2.45, 2.75) is 45.6 Å². The minimum absolute atomic E-state index is 0.0148. The maximum atomic E-state index is 11.9. The number of carbonyl (C=O) groups is 1. The van der Waals surface area contributed by atoms with Crippen LogP contribution in [0.1, 0.15) is 39.5 Å². The van der Waals surface area contributed by atoms with Gasteiger partial charge in [0.1, 0.15) is 5.41 Å². The van der Waals surface area contributed by atoms with Gasteiger partial charge < -0.3 is 4.90 Å². The summed E-state index contributed by atoms with van der Waals surface area (Å²) in [6, 6.07) is 2.39. The largest absolute Gasteiger partial charge is 0.342 e. The summed E-state index contributed by atoms with van der Waals surface area (Å²) in [6.07, 6.45) is 3.55.